The van der Waals surface area contributed by atoms with Gasteiger partial charge in [0.25, 0.3) is 5.91 Å². The minimum absolute atomic E-state index is 0.0330. The third-order valence-corrected chi connectivity index (χ3v) is 5.53. The van der Waals surface area contributed by atoms with Crippen molar-refractivity contribution >= 4 is 34.1 Å². The fraction of sp³-hybridized carbons (Fsp3) is 0.316. The normalized spacial score (nSPS) is 14.3. The smallest absolute Gasteiger partial charge is 0.262 e. The monoisotopic (exact) mass is 407 g/mol. The fourth-order valence-electron chi connectivity index (χ4n) is 2.67. The lowest BCUT2D eigenvalue weighted by molar-refractivity contribution is -0.122. The van der Waals surface area contributed by atoms with E-state index in [0.717, 1.165) is 36.3 Å². The van der Waals surface area contributed by atoms with Gasteiger partial charge in [-0.2, -0.15) is 0 Å². The summed E-state index contributed by atoms with van der Waals surface area (Å²) in [6, 6.07) is 3.50. The Bertz CT molecular complexity index is 941. The predicted molar refractivity (Wildman–Crippen MR) is 101 cm³/mol. The van der Waals surface area contributed by atoms with E-state index in [1.165, 1.54) is 13.1 Å². The van der Waals surface area contributed by atoms with E-state index in [4.69, 9.17) is 0 Å². The summed E-state index contributed by atoms with van der Waals surface area (Å²) >= 11 is 1.09. The molecule has 148 valence electrons. The molecule has 1 fully saturated rings. The number of likely N-dealkylation sites (N-methyl/N-ethyl adjacent to an activating group) is 1. The highest BCUT2D eigenvalue weighted by Crippen LogP contribution is 2.33. The van der Waals surface area contributed by atoms with Crippen LogP contribution >= 0.6 is 11.3 Å². The van der Waals surface area contributed by atoms with Gasteiger partial charge in [0.05, 0.1) is 9.88 Å². The van der Waals surface area contributed by atoms with E-state index >= 15 is 0 Å². The molecule has 1 aromatic carbocycles. The number of carbonyl (C=O) groups excluding carboxylic acids is 3. The summed E-state index contributed by atoms with van der Waals surface area (Å²) in [5.74, 6) is -3.32. The van der Waals surface area contributed by atoms with E-state index in [9.17, 15) is 23.2 Å². The van der Waals surface area contributed by atoms with E-state index in [-0.39, 0.29) is 17.4 Å². The van der Waals surface area contributed by atoms with Gasteiger partial charge in [-0.3, -0.25) is 14.4 Å². The van der Waals surface area contributed by atoms with Crippen molar-refractivity contribution < 1.29 is 23.2 Å². The van der Waals surface area contributed by atoms with Crippen molar-refractivity contribution in [1.82, 2.24) is 10.6 Å². The number of rotatable bonds is 6. The lowest BCUT2D eigenvalue weighted by atomic mass is 10.1. The minimum Gasteiger partial charge on any atom is -0.357 e. The first-order valence-corrected chi connectivity index (χ1v) is 9.50. The standard InChI is InChI=1S/C19H19F2N3O3S/c1-9-7-14(23-17(25)10-3-4-10)28-16(9)19(27)24-15(18(26)22-2)11-5-6-12(20)13(21)8-11/h5-8,10,15H,3-4H2,1-2H3,(H,22,26)(H,23,25)(H,24,27). The van der Waals surface area contributed by atoms with E-state index in [1.807, 2.05) is 0 Å². The average Bonchev–Trinajstić information content (AvgIpc) is 3.45. The number of aryl methyl sites for hydroxylation is 1. The van der Waals surface area contributed by atoms with Gasteiger partial charge in [-0.15, -0.1) is 11.3 Å². The number of carbonyl (C=O) groups is 3. The molecule has 1 atom stereocenters. The Hall–Kier alpha value is -2.81. The van der Waals surface area contributed by atoms with Crippen LogP contribution in [0.15, 0.2) is 24.3 Å². The lowest BCUT2D eigenvalue weighted by Gasteiger charge is -2.17. The second kappa shape index (κ2) is 8.05. The zero-order valence-electron chi connectivity index (χ0n) is 15.3. The molecule has 3 N–H and O–H groups in total. The highest BCUT2D eigenvalue weighted by molar-refractivity contribution is 7.18. The number of benzene rings is 1. The molecule has 3 amide bonds. The molecule has 9 heteroatoms. The number of anilines is 1. The molecule has 6 nitrogen and oxygen atoms in total. The summed E-state index contributed by atoms with van der Waals surface area (Å²) in [5.41, 5.74) is 0.748. The SMILES string of the molecule is CNC(=O)C(NC(=O)c1sc(NC(=O)C2CC2)cc1C)c1ccc(F)c(F)c1. The van der Waals surface area contributed by atoms with Crippen LogP contribution in [0.25, 0.3) is 0 Å². The van der Waals surface area contributed by atoms with Gasteiger partial charge in [0.2, 0.25) is 11.8 Å². The third kappa shape index (κ3) is 4.36. The Morgan fingerprint density at radius 2 is 1.86 bits per heavy atom. The number of halogens is 2. The molecule has 1 saturated carbocycles. The molecular formula is C19H19F2N3O3S. The molecule has 1 aromatic heterocycles. The molecule has 0 spiro atoms. The number of thiophene rings is 1. The van der Waals surface area contributed by atoms with Crippen LogP contribution in [0.3, 0.4) is 0 Å². The predicted octanol–water partition coefficient (Wildman–Crippen LogP) is 2.90. The molecule has 0 aliphatic heterocycles. The zero-order chi connectivity index (χ0) is 20.4. The Morgan fingerprint density at radius 1 is 1.14 bits per heavy atom. The van der Waals surface area contributed by atoms with E-state index < -0.39 is 29.5 Å². The second-order valence-corrected chi connectivity index (χ2v) is 7.63. The van der Waals surface area contributed by atoms with Crippen LogP contribution < -0.4 is 16.0 Å². The van der Waals surface area contributed by atoms with Crippen molar-refractivity contribution in [2.75, 3.05) is 12.4 Å². The van der Waals surface area contributed by atoms with Gasteiger partial charge in [0.1, 0.15) is 6.04 Å². The molecule has 1 aliphatic carbocycles. The average molecular weight is 407 g/mol. The molecule has 1 aliphatic rings. The van der Waals surface area contributed by atoms with Gasteiger partial charge in [0, 0.05) is 13.0 Å². The van der Waals surface area contributed by atoms with Crippen molar-refractivity contribution in [3.05, 3.63) is 51.9 Å². The fourth-order valence-corrected chi connectivity index (χ4v) is 3.65. The van der Waals surface area contributed by atoms with Crippen LogP contribution in [0, 0.1) is 24.5 Å². The maximum Gasteiger partial charge on any atom is 0.262 e. The van der Waals surface area contributed by atoms with E-state index in [2.05, 4.69) is 16.0 Å². The summed E-state index contributed by atoms with van der Waals surface area (Å²) in [6.07, 6.45) is 1.73. The highest BCUT2D eigenvalue weighted by Gasteiger charge is 2.30. The quantitative estimate of drug-likeness (QED) is 0.688. The van der Waals surface area contributed by atoms with Gasteiger partial charge in [-0.25, -0.2) is 8.78 Å². The Balaban J connectivity index is 1.79. The number of hydrogen-bond donors (Lipinski definition) is 3. The van der Waals surface area contributed by atoms with Crippen LogP contribution in [0.2, 0.25) is 0 Å². The van der Waals surface area contributed by atoms with Crippen LogP contribution in [-0.2, 0) is 9.59 Å². The molecule has 3 rings (SSSR count). The van der Waals surface area contributed by atoms with Gasteiger partial charge >= 0.3 is 0 Å². The maximum atomic E-state index is 13.6. The summed E-state index contributed by atoms with van der Waals surface area (Å²) in [5, 5.41) is 8.27. The van der Waals surface area contributed by atoms with Crippen LogP contribution in [-0.4, -0.2) is 24.8 Å². The zero-order valence-corrected chi connectivity index (χ0v) is 16.1. The summed E-state index contributed by atoms with van der Waals surface area (Å²) in [7, 11) is 1.38. The highest BCUT2D eigenvalue weighted by atomic mass is 32.1. The molecule has 1 unspecified atom stereocenters. The number of amides is 3. The van der Waals surface area contributed by atoms with Gasteiger partial charge in [0.15, 0.2) is 11.6 Å². The van der Waals surface area contributed by atoms with Crippen LogP contribution in [0.1, 0.15) is 39.7 Å². The molecular weight excluding hydrogens is 388 g/mol. The molecule has 0 saturated heterocycles. The Labute approximate surface area is 164 Å². The summed E-state index contributed by atoms with van der Waals surface area (Å²) in [6.45, 7) is 1.71. The van der Waals surface area contributed by atoms with E-state index in [1.54, 1.807) is 13.0 Å². The third-order valence-electron chi connectivity index (χ3n) is 4.38. The molecule has 1 heterocycles. The molecule has 0 bridgehead atoms. The first kappa shape index (κ1) is 19.9. The Morgan fingerprint density at radius 3 is 2.46 bits per heavy atom. The van der Waals surface area contributed by atoms with E-state index in [0.29, 0.717) is 15.4 Å². The van der Waals surface area contributed by atoms with Gasteiger partial charge in [-0.1, -0.05) is 6.07 Å². The van der Waals surface area contributed by atoms with Crippen molar-refractivity contribution in [2.45, 2.75) is 25.8 Å². The maximum absolute atomic E-state index is 13.6. The number of nitrogens with one attached hydrogen (secondary N) is 3. The van der Waals surface area contributed by atoms with Gasteiger partial charge in [-0.05, 0) is 49.1 Å². The first-order chi connectivity index (χ1) is 13.3. The van der Waals surface area contributed by atoms with Crippen molar-refractivity contribution in [3.8, 4) is 0 Å². The van der Waals surface area contributed by atoms with Crippen molar-refractivity contribution in [3.63, 3.8) is 0 Å². The van der Waals surface area contributed by atoms with Crippen LogP contribution in [0.4, 0.5) is 13.8 Å². The summed E-state index contributed by atoms with van der Waals surface area (Å²) in [4.78, 5) is 37.1. The molecule has 2 aromatic rings. The largest absolute Gasteiger partial charge is 0.357 e. The summed E-state index contributed by atoms with van der Waals surface area (Å²) < 4.78 is 26.8. The number of hydrogen-bond acceptors (Lipinski definition) is 4. The first-order valence-electron chi connectivity index (χ1n) is 8.69. The lowest BCUT2D eigenvalue weighted by Crippen LogP contribution is -2.39. The molecule has 28 heavy (non-hydrogen) atoms. The Kier molecular flexibility index (Phi) is 5.73. The second-order valence-electron chi connectivity index (χ2n) is 6.58. The van der Waals surface area contributed by atoms with Gasteiger partial charge < -0.3 is 16.0 Å². The van der Waals surface area contributed by atoms with Crippen molar-refractivity contribution in [2.24, 2.45) is 5.92 Å². The minimum atomic E-state index is -1.20. The topological polar surface area (TPSA) is 87.3 Å². The van der Waals surface area contributed by atoms with Crippen molar-refractivity contribution in [1.29, 1.82) is 0 Å². The molecule has 0 radical (unpaired) electrons. The van der Waals surface area contributed by atoms with Crippen LogP contribution in [0.5, 0.6) is 0 Å².